The van der Waals surface area contributed by atoms with E-state index in [2.05, 4.69) is 19.1 Å². The molecule has 0 bridgehead atoms. The minimum Gasteiger partial charge on any atom is -0.298 e. The van der Waals surface area contributed by atoms with Crippen LogP contribution < -0.4 is 0 Å². The molecule has 1 aromatic rings. The number of carbonyl (C=O) groups is 1. The first-order chi connectivity index (χ1) is 8.27. The Balaban J connectivity index is 2.07. The molecule has 0 radical (unpaired) electrons. The van der Waals surface area contributed by atoms with E-state index in [0.29, 0.717) is 11.7 Å². The number of thioether (sulfide) groups is 1. The monoisotopic (exact) mass is 248 g/mol. The Bertz CT molecular complexity index is 360. The van der Waals surface area contributed by atoms with E-state index in [1.54, 1.807) is 11.8 Å². The van der Waals surface area contributed by atoms with Crippen LogP contribution in [0.4, 0.5) is 0 Å². The quantitative estimate of drug-likeness (QED) is 0.775. The normalized spacial score (nSPS) is 26.3. The molecule has 1 fully saturated rings. The molecule has 92 valence electrons. The van der Waals surface area contributed by atoms with Gasteiger partial charge in [0.15, 0.2) is 0 Å². The van der Waals surface area contributed by atoms with Gasteiger partial charge in [-0.15, -0.1) is 11.8 Å². The lowest BCUT2D eigenvalue weighted by Crippen LogP contribution is -2.26. The van der Waals surface area contributed by atoms with Crippen LogP contribution in [0.2, 0.25) is 0 Å². The summed E-state index contributed by atoms with van der Waals surface area (Å²) >= 11 is 1.75. The van der Waals surface area contributed by atoms with Gasteiger partial charge in [-0.25, -0.2) is 0 Å². The molecule has 1 saturated carbocycles. The third kappa shape index (κ3) is 3.60. The molecule has 0 saturated heterocycles. The summed E-state index contributed by atoms with van der Waals surface area (Å²) in [4.78, 5) is 13.4. The van der Waals surface area contributed by atoms with Crippen LogP contribution in [0.5, 0.6) is 0 Å². The average molecular weight is 248 g/mol. The van der Waals surface area contributed by atoms with Crippen molar-refractivity contribution >= 4 is 17.5 Å². The maximum absolute atomic E-state index is 12.2. The predicted molar refractivity (Wildman–Crippen MR) is 73.3 cm³/mol. The van der Waals surface area contributed by atoms with Crippen molar-refractivity contribution in [3.63, 3.8) is 0 Å². The standard InChI is InChI=1S/C15H20OS/c1-12-8-4-2-7-11-14(16)15(12)17-13-9-5-3-6-10-13/h3,5-6,9-10,12,15H,2,4,7-8,11H2,1H3. The summed E-state index contributed by atoms with van der Waals surface area (Å²) in [5, 5.41) is 0.165. The highest BCUT2D eigenvalue weighted by Gasteiger charge is 2.26. The molecule has 0 aliphatic heterocycles. The first-order valence-corrected chi connectivity index (χ1v) is 7.40. The fraction of sp³-hybridized carbons (Fsp3) is 0.533. The molecule has 2 atom stereocenters. The number of hydrogen-bond acceptors (Lipinski definition) is 2. The highest BCUT2D eigenvalue weighted by molar-refractivity contribution is 8.00. The van der Waals surface area contributed by atoms with E-state index in [0.717, 1.165) is 12.8 Å². The third-order valence-electron chi connectivity index (χ3n) is 3.42. The molecule has 0 amide bonds. The van der Waals surface area contributed by atoms with Gasteiger partial charge < -0.3 is 0 Å². The molecule has 0 N–H and O–H groups in total. The lowest BCUT2D eigenvalue weighted by atomic mass is 9.91. The van der Waals surface area contributed by atoms with Gasteiger partial charge in [0.25, 0.3) is 0 Å². The van der Waals surface area contributed by atoms with Crippen LogP contribution in [-0.2, 0) is 4.79 Å². The zero-order valence-electron chi connectivity index (χ0n) is 10.4. The van der Waals surface area contributed by atoms with Crippen LogP contribution in [0.25, 0.3) is 0 Å². The third-order valence-corrected chi connectivity index (χ3v) is 4.95. The number of hydrogen-bond donors (Lipinski definition) is 0. The van der Waals surface area contributed by atoms with Gasteiger partial charge in [-0.2, -0.15) is 0 Å². The number of carbonyl (C=O) groups excluding carboxylic acids is 1. The molecule has 2 heteroatoms. The Labute approximate surface area is 108 Å². The smallest absolute Gasteiger partial charge is 0.146 e. The first kappa shape index (κ1) is 12.7. The van der Waals surface area contributed by atoms with E-state index < -0.39 is 0 Å². The van der Waals surface area contributed by atoms with Crippen LogP contribution in [0.3, 0.4) is 0 Å². The maximum atomic E-state index is 12.2. The van der Waals surface area contributed by atoms with E-state index in [-0.39, 0.29) is 5.25 Å². The van der Waals surface area contributed by atoms with Gasteiger partial charge in [0.1, 0.15) is 5.78 Å². The van der Waals surface area contributed by atoms with E-state index >= 15 is 0 Å². The fourth-order valence-corrected chi connectivity index (χ4v) is 3.61. The summed E-state index contributed by atoms with van der Waals surface area (Å²) in [6, 6.07) is 10.3. The first-order valence-electron chi connectivity index (χ1n) is 6.52. The summed E-state index contributed by atoms with van der Waals surface area (Å²) in [5.74, 6) is 0.957. The molecule has 1 aliphatic rings. The van der Waals surface area contributed by atoms with Gasteiger partial charge in [0, 0.05) is 11.3 Å². The summed E-state index contributed by atoms with van der Waals surface area (Å²) in [6.45, 7) is 2.23. The Morgan fingerprint density at radius 1 is 1.12 bits per heavy atom. The molecule has 1 aromatic carbocycles. The molecule has 17 heavy (non-hydrogen) atoms. The Hall–Kier alpha value is -0.760. The molecule has 0 aromatic heterocycles. The number of ketones is 1. The Kier molecular flexibility index (Phi) is 4.66. The summed E-state index contributed by atoms with van der Waals surface area (Å²) in [6.07, 6.45) is 5.54. The highest BCUT2D eigenvalue weighted by atomic mass is 32.2. The number of Topliss-reactive ketones (excluding diaryl/α,β-unsaturated/α-hetero) is 1. The average Bonchev–Trinajstić information content (AvgIpc) is 2.35. The highest BCUT2D eigenvalue weighted by Crippen LogP contribution is 2.33. The fourth-order valence-electron chi connectivity index (χ4n) is 2.38. The van der Waals surface area contributed by atoms with E-state index in [9.17, 15) is 4.79 Å². The Morgan fingerprint density at radius 2 is 1.88 bits per heavy atom. The van der Waals surface area contributed by atoms with Crippen molar-refractivity contribution in [1.29, 1.82) is 0 Å². The van der Waals surface area contributed by atoms with Gasteiger partial charge >= 0.3 is 0 Å². The zero-order valence-corrected chi connectivity index (χ0v) is 11.2. The summed E-state index contributed by atoms with van der Waals surface area (Å²) in [7, 11) is 0. The SMILES string of the molecule is CC1CCCCCC(=O)C1Sc1ccccc1. The molecule has 1 nitrogen and oxygen atoms in total. The van der Waals surface area contributed by atoms with Crippen molar-refractivity contribution in [2.24, 2.45) is 5.92 Å². The van der Waals surface area contributed by atoms with Crippen molar-refractivity contribution in [3.8, 4) is 0 Å². The predicted octanol–water partition coefficient (Wildman–Crippen LogP) is 4.32. The second-order valence-electron chi connectivity index (χ2n) is 4.89. The molecule has 2 rings (SSSR count). The van der Waals surface area contributed by atoms with Gasteiger partial charge in [-0.3, -0.25) is 4.79 Å². The van der Waals surface area contributed by atoms with Crippen molar-refractivity contribution in [3.05, 3.63) is 30.3 Å². The van der Waals surface area contributed by atoms with E-state index in [1.807, 2.05) is 18.2 Å². The van der Waals surface area contributed by atoms with Gasteiger partial charge in [-0.1, -0.05) is 38.0 Å². The van der Waals surface area contributed by atoms with Crippen LogP contribution in [0.1, 0.15) is 39.0 Å². The maximum Gasteiger partial charge on any atom is 0.146 e. The van der Waals surface area contributed by atoms with Crippen molar-refractivity contribution in [2.75, 3.05) is 0 Å². The number of benzene rings is 1. The lowest BCUT2D eigenvalue weighted by Gasteiger charge is -2.24. The van der Waals surface area contributed by atoms with E-state index in [1.165, 1.54) is 24.2 Å². The second-order valence-corrected chi connectivity index (χ2v) is 6.11. The van der Waals surface area contributed by atoms with Crippen molar-refractivity contribution < 1.29 is 4.79 Å². The topological polar surface area (TPSA) is 17.1 Å². The minimum absolute atomic E-state index is 0.165. The molecule has 0 spiro atoms. The summed E-state index contributed by atoms with van der Waals surface area (Å²) in [5.41, 5.74) is 0. The van der Waals surface area contributed by atoms with Crippen LogP contribution in [-0.4, -0.2) is 11.0 Å². The minimum atomic E-state index is 0.165. The molecular formula is C15H20OS. The Morgan fingerprint density at radius 3 is 2.65 bits per heavy atom. The van der Waals surface area contributed by atoms with Crippen LogP contribution in [0.15, 0.2) is 35.2 Å². The molecule has 1 aliphatic carbocycles. The van der Waals surface area contributed by atoms with Gasteiger partial charge in [-0.05, 0) is 30.9 Å². The lowest BCUT2D eigenvalue weighted by molar-refractivity contribution is -0.119. The second kappa shape index (κ2) is 6.25. The molecule has 2 unspecified atom stereocenters. The van der Waals surface area contributed by atoms with E-state index in [4.69, 9.17) is 0 Å². The van der Waals surface area contributed by atoms with Crippen LogP contribution >= 0.6 is 11.8 Å². The van der Waals surface area contributed by atoms with Crippen LogP contribution in [0, 0.1) is 5.92 Å². The molecular weight excluding hydrogens is 228 g/mol. The van der Waals surface area contributed by atoms with Gasteiger partial charge in [0.05, 0.1) is 5.25 Å². The summed E-state index contributed by atoms with van der Waals surface area (Å²) < 4.78 is 0. The largest absolute Gasteiger partial charge is 0.298 e. The van der Waals surface area contributed by atoms with Crippen molar-refractivity contribution in [1.82, 2.24) is 0 Å². The number of rotatable bonds is 2. The van der Waals surface area contributed by atoms with Gasteiger partial charge in [0.2, 0.25) is 0 Å². The molecule has 0 heterocycles. The zero-order chi connectivity index (χ0) is 12.1. The van der Waals surface area contributed by atoms with Crippen molar-refractivity contribution in [2.45, 2.75) is 49.2 Å².